The highest BCUT2D eigenvalue weighted by molar-refractivity contribution is 7.81. The average Bonchev–Trinajstić information content (AvgIpc) is 3.11. The molecule has 0 aliphatic carbocycles. The fraction of sp³-hybridized carbons (Fsp3) is 0.125. The fourth-order valence-electron chi connectivity index (χ4n) is 2.24. The van der Waals surface area contributed by atoms with Crippen LogP contribution >= 0.6 is 0 Å². The van der Waals surface area contributed by atoms with Crippen LogP contribution in [0.5, 0.6) is 11.5 Å². The highest BCUT2D eigenvalue weighted by Crippen LogP contribution is 2.28. The standard InChI is InChI=1S/C16H9F6N3O4S/c17-13-5-9(25-7-15(23-24-25)16(19,20)21)6-14(18)12(13)8-28-10-1-3-11(4-2-10)29-30(22,26)27/h1-7H,8H2. The summed E-state index contributed by atoms with van der Waals surface area (Å²) in [4.78, 5) is 0. The molecule has 160 valence electrons. The number of halogens is 6. The Hall–Kier alpha value is -3.29. The summed E-state index contributed by atoms with van der Waals surface area (Å²) in [7, 11) is -5.20. The molecule has 1 heterocycles. The molecule has 14 heteroatoms. The molecule has 1 aromatic heterocycles. The molecule has 0 unspecified atom stereocenters. The molecule has 0 aliphatic heterocycles. The summed E-state index contributed by atoms with van der Waals surface area (Å²) < 4.78 is 109. The van der Waals surface area contributed by atoms with E-state index in [1.807, 2.05) is 0 Å². The van der Waals surface area contributed by atoms with E-state index in [9.17, 15) is 34.3 Å². The van der Waals surface area contributed by atoms with Gasteiger partial charge in [0.15, 0.2) is 5.69 Å². The van der Waals surface area contributed by atoms with Crippen molar-refractivity contribution in [2.75, 3.05) is 0 Å². The first-order chi connectivity index (χ1) is 13.9. The third kappa shape index (κ3) is 5.20. The van der Waals surface area contributed by atoms with Crippen LogP contribution in [-0.2, 0) is 23.3 Å². The first-order valence-electron chi connectivity index (χ1n) is 7.77. The molecule has 0 saturated heterocycles. The van der Waals surface area contributed by atoms with E-state index in [1.165, 1.54) is 12.1 Å². The Morgan fingerprint density at radius 3 is 2.07 bits per heavy atom. The van der Waals surface area contributed by atoms with E-state index in [0.717, 1.165) is 24.3 Å². The SMILES string of the molecule is O=S(=O)(F)Oc1ccc(OCc2c(F)cc(-n3cc(C(F)(F)F)nn3)cc2F)cc1. The minimum Gasteiger partial charge on any atom is -0.489 e. The summed E-state index contributed by atoms with van der Waals surface area (Å²) in [5.74, 6) is -2.53. The highest BCUT2D eigenvalue weighted by atomic mass is 32.3. The molecule has 30 heavy (non-hydrogen) atoms. The second kappa shape index (κ2) is 7.85. The van der Waals surface area contributed by atoms with Crippen LogP contribution < -0.4 is 8.92 Å². The lowest BCUT2D eigenvalue weighted by atomic mass is 10.2. The van der Waals surface area contributed by atoms with Crippen molar-refractivity contribution in [2.24, 2.45) is 0 Å². The normalized spacial score (nSPS) is 12.1. The van der Waals surface area contributed by atoms with Crippen LogP contribution in [0.15, 0.2) is 42.6 Å². The molecule has 0 spiro atoms. The van der Waals surface area contributed by atoms with Crippen LogP contribution in [0.3, 0.4) is 0 Å². The predicted octanol–water partition coefficient (Wildman–Crippen LogP) is 3.74. The van der Waals surface area contributed by atoms with E-state index in [4.69, 9.17) is 4.74 Å². The Kier molecular flexibility index (Phi) is 5.61. The lowest BCUT2D eigenvalue weighted by Crippen LogP contribution is -2.06. The summed E-state index contributed by atoms with van der Waals surface area (Å²) in [6.07, 6.45) is -4.29. The molecule has 3 aromatic rings. The molecular formula is C16H9F6N3O4S. The number of nitrogens with zero attached hydrogens (tertiary/aromatic N) is 3. The molecule has 0 N–H and O–H groups in total. The van der Waals surface area contributed by atoms with Crippen LogP contribution in [0.4, 0.5) is 25.8 Å². The van der Waals surface area contributed by atoms with Crippen molar-refractivity contribution in [1.82, 2.24) is 15.0 Å². The first kappa shape index (κ1) is 21.4. The molecule has 0 radical (unpaired) electrons. The highest BCUT2D eigenvalue weighted by Gasteiger charge is 2.34. The number of rotatable bonds is 6. The van der Waals surface area contributed by atoms with Crippen LogP contribution in [0.1, 0.15) is 11.3 Å². The average molecular weight is 453 g/mol. The Morgan fingerprint density at radius 2 is 1.57 bits per heavy atom. The molecule has 0 bridgehead atoms. The van der Waals surface area contributed by atoms with E-state index in [-0.39, 0.29) is 17.2 Å². The fourth-order valence-corrected chi connectivity index (χ4v) is 2.58. The number of benzene rings is 2. The van der Waals surface area contributed by atoms with Crippen molar-refractivity contribution in [2.45, 2.75) is 12.8 Å². The second-order valence-corrected chi connectivity index (χ2v) is 6.62. The second-order valence-electron chi connectivity index (χ2n) is 5.67. The molecular weight excluding hydrogens is 444 g/mol. The van der Waals surface area contributed by atoms with Crippen molar-refractivity contribution in [3.63, 3.8) is 0 Å². The van der Waals surface area contributed by atoms with Crippen LogP contribution in [0.2, 0.25) is 0 Å². The lowest BCUT2D eigenvalue weighted by molar-refractivity contribution is -0.141. The first-order valence-corrected chi connectivity index (χ1v) is 9.08. The number of aromatic nitrogens is 3. The Balaban J connectivity index is 1.74. The minimum atomic E-state index is -5.20. The molecule has 0 fully saturated rings. The maximum absolute atomic E-state index is 14.3. The number of ether oxygens (including phenoxy) is 1. The quantitative estimate of drug-likeness (QED) is 0.418. The van der Waals surface area contributed by atoms with Crippen molar-refractivity contribution in [3.05, 3.63) is 65.5 Å². The van der Waals surface area contributed by atoms with Gasteiger partial charge in [-0.15, -0.1) is 5.10 Å². The van der Waals surface area contributed by atoms with Gasteiger partial charge < -0.3 is 8.92 Å². The van der Waals surface area contributed by atoms with Gasteiger partial charge in [-0.25, -0.2) is 13.5 Å². The van der Waals surface area contributed by atoms with Gasteiger partial charge in [0, 0.05) is 12.1 Å². The summed E-state index contributed by atoms with van der Waals surface area (Å²) in [6, 6.07) is 5.92. The zero-order valence-electron chi connectivity index (χ0n) is 14.4. The van der Waals surface area contributed by atoms with Gasteiger partial charge in [0.2, 0.25) is 0 Å². The van der Waals surface area contributed by atoms with Gasteiger partial charge >= 0.3 is 16.7 Å². The third-order valence-corrected chi connectivity index (χ3v) is 3.97. The largest absolute Gasteiger partial charge is 0.489 e. The van der Waals surface area contributed by atoms with E-state index in [1.54, 1.807) is 0 Å². The Labute approximate surface area is 164 Å². The van der Waals surface area contributed by atoms with Gasteiger partial charge in [-0.2, -0.15) is 21.6 Å². The molecule has 3 rings (SSSR count). The zero-order chi connectivity index (χ0) is 22.1. The number of hydrogen-bond donors (Lipinski definition) is 0. The summed E-state index contributed by atoms with van der Waals surface area (Å²) in [5, 5.41) is 6.09. The topological polar surface area (TPSA) is 83.3 Å². The van der Waals surface area contributed by atoms with Crippen molar-refractivity contribution in [1.29, 1.82) is 0 Å². The molecule has 2 aromatic carbocycles. The van der Waals surface area contributed by atoms with Crippen LogP contribution in [-0.4, -0.2) is 23.4 Å². The van der Waals surface area contributed by atoms with Gasteiger partial charge in [0.05, 0.1) is 17.4 Å². The summed E-state index contributed by atoms with van der Waals surface area (Å²) in [5.41, 5.74) is -2.18. The van der Waals surface area contributed by atoms with Gasteiger partial charge in [0.1, 0.15) is 29.7 Å². The summed E-state index contributed by atoms with van der Waals surface area (Å²) >= 11 is 0. The lowest BCUT2D eigenvalue weighted by Gasteiger charge is -2.10. The van der Waals surface area contributed by atoms with Crippen LogP contribution in [0.25, 0.3) is 5.69 Å². The monoisotopic (exact) mass is 453 g/mol. The van der Waals surface area contributed by atoms with Crippen molar-refractivity contribution < 1.29 is 43.2 Å². The van der Waals surface area contributed by atoms with E-state index >= 15 is 0 Å². The maximum Gasteiger partial charge on any atom is 0.488 e. The van der Waals surface area contributed by atoms with Crippen molar-refractivity contribution in [3.8, 4) is 17.2 Å². The molecule has 0 atom stereocenters. The predicted molar refractivity (Wildman–Crippen MR) is 87.7 cm³/mol. The van der Waals surface area contributed by atoms with E-state index in [0.29, 0.717) is 10.9 Å². The molecule has 0 amide bonds. The molecule has 0 saturated carbocycles. The molecule has 7 nitrogen and oxygen atoms in total. The third-order valence-electron chi connectivity index (χ3n) is 3.58. The smallest absolute Gasteiger partial charge is 0.488 e. The van der Waals surface area contributed by atoms with Gasteiger partial charge in [-0.1, -0.05) is 9.10 Å². The van der Waals surface area contributed by atoms with Gasteiger partial charge in [0.25, 0.3) is 0 Å². The minimum absolute atomic E-state index is 0.0487. The number of hydrogen-bond acceptors (Lipinski definition) is 6. The zero-order valence-corrected chi connectivity index (χ0v) is 15.2. The van der Waals surface area contributed by atoms with Crippen molar-refractivity contribution >= 4 is 10.5 Å². The van der Waals surface area contributed by atoms with Gasteiger partial charge in [-0.3, -0.25) is 0 Å². The Bertz CT molecular complexity index is 1140. The van der Waals surface area contributed by atoms with Crippen LogP contribution in [0, 0.1) is 11.6 Å². The van der Waals surface area contributed by atoms with E-state index < -0.39 is 46.2 Å². The maximum atomic E-state index is 14.3. The number of alkyl halides is 3. The molecule has 0 aliphatic rings. The Morgan fingerprint density at radius 1 is 1.00 bits per heavy atom. The van der Waals surface area contributed by atoms with E-state index in [2.05, 4.69) is 14.5 Å². The van der Waals surface area contributed by atoms with Gasteiger partial charge in [-0.05, 0) is 24.3 Å². The summed E-state index contributed by atoms with van der Waals surface area (Å²) in [6.45, 7) is -0.606.